The first kappa shape index (κ1) is 14.4. The zero-order valence-corrected chi connectivity index (χ0v) is 11.5. The fourth-order valence-electron chi connectivity index (χ4n) is 1.27. The lowest BCUT2D eigenvalue weighted by molar-refractivity contribution is -0.153. The third-order valence-electron chi connectivity index (χ3n) is 2.19. The van der Waals surface area contributed by atoms with Gasteiger partial charge in [0.2, 0.25) is 0 Å². The van der Waals surface area contributed by atoms with Crippen LogP contribution in [0.3, 0.4) is 0 Å². The third-order valence-corrected chi connectivity index (χ3v) is 3.18. The second-order valence-corrected chi connectivity index (χ2v) is 4.54. The average molecular weight is 309 g/mol. The van der Waals surface area contributed by atoms with Gasteiger partial charge in [-0.2, -0.15) is 0 Å². The van der Waals surface area contributed by atoms with Crippen LogP contribution in [0.4, 0.5) is 0 Å². The maximum Gasteiger partial charge on any atom is 0.345 e. The first-order chi connectivity index (χ1) is 8.54. The molecule has 0 spiro atoms. The van der Waals surface area contributed by atoms with Crippen LogP contribution in [0, 0.1) is 5.92 Å². The number of rotatable bonds is 2. The topological polar surface area (TPSA) is 43.4 Å². The Morgan fingerprint density at radius 3 is 2.83 bits per heavy atom. The molecule has 1 rings (SSSR count). The van der Waals surface area contributed by atoms with Crippen LogP contribution in [0.25, 0.3) is 0 Å². The van der Waals surface area contributed by atoms with Gasteiger partial charge in [0.15, 0.2) is 0 Å². The lowest BCUT2D eigenvalue weighted by Crippen LogP contribution is -2.13. The van der Waals surface area contributed by atoms with E-state index in [0.29, 0.717) is 5.57 Å². The normalized spacial score (nSPS) is 28.9. The fourth-order valence-corrected chi connectivity index (χ4v) is 1.55. The quantitative estimate of drug-likeness (QED) is 0.447. The van der Waals surface area contributed by atoms with E-state index in [1.54, 1.807) is 30.4 Å². The molecule has 0 amide bonds. The minimum Gasteiger partial charge on any atom is -0.386 e. The van der Waals surface area contributed by atoms with Crippen molar-refractivity contribution in [1.29, 1.82) is 0 Å². The number of ether oxygens (including phenoxy) is 1. The van der Waals surface area contributed by atoms with Gasteiger partial charge in [0.1, 0.15) is 0 Å². The summed E-state index contributed by atoms with van der Waals surface area (Å²) in [5, 5.41) is 0. The monoisotopic (exact) mass is 308 g/mol. The van der Waals surface area contributed by atoms with E-state index < -0.39 is 11.9 Å². The lowest BCUT2D eigenvalue weighted by Gasteiger charge is -2.08. The summed E-state index contributed by atoms with van der Waals surface area (Å²) in [6.45, 7) is 5.45. The van der Waals surface area contributed by atoms with Crippen molar-refractivity contribution in [3.05, 3.63) is 59.2 Å². The van der Waals surface area contributed by atoms with Gasteiger partial charge in [-0.05, 0) is 6.08 Å². The summed E-state index contributed by atoms with van der Waals surface area (Å²) in [5.41, 5.74) is 0.316. The predicted octanol–water partition coefficient (Wildman–Crippen LogP) is 3.21. The van der Waals surface area contributed by atoms with Crippen molar-refractivity contribution in [3.8, 4) is 0 Å². The number of hydrogen-bond donors (Lipinski definition) is 0. The predicted molar refractivity (Wildman–Crippen MR) is 73.8 cm³/mol. The van der Waals surface area contributed by atoms with Gasteiger partial charge in [-0.15, -0.1) is 0 Å². The highest BCUT2D eigenvalue weighted by Gasteiger charge is 2.15. The van der Waals surface area contributed by atoms with Crippen LogP contribution in [0.1, 0.15) is 6.92 Å². The summed E-state index contributed by atoms with van der Waals surface area (Å²) in [7, 11) is 0. The largest absolute Gasteiger partial charge is 0.386 e. The molecule has 94 valence electrons. The number of cyclic esters (lactones) is 2. The van der Waals surface area contributed by atoms with Gasteiger partial charge in [-0.25, -0.2) is 9.59 Å². The summed E-state index contributed by atoms with van der Waals surface area (Å²) in [5.74, 6) is -1.36. The molecular formula is C14H13BrO3. The Labute approximate surface area is 114 Å². The highest BCUT2D eigenvalue weighted by Crippen LogP contribution is 2.22. The Balaban J connectivity index is 3.16. The van der Waals surface area contributed by atoms with Crippen LogP contribution in [-0.4, -0.2) is 11.9 Å². The first-order valence-corrected chi connectivity index (χ1v) is 6.14. The van der Waals surface area contributed by atoms with E-state index in [-0.39, 0.29) is 5.92 Å². The number of allylic oxidation sites excluding steroid dienone is 6. The SMILES string of the molecule is C=C/C=C\C1=C/C(C)/C(Br)=C\C=C\C(=O)OC1=O. The molecule has 0 aromatic heterocycles. The van der Waals surface area contributed by atoms with E-state index in [9.17, 15) is 9.59 Å². The summed E-state index contributed by atoms with van der Waals surface area (Å²) in [6.07, 6.45) is 10.9. The molecule has 1 atom stereocenters. The van der Waals surface area contributed by atoms with E-state index in [0.717, 1.165) is 4.48 Å². The van der Waals surface area contributed by atoms with E-state index in [4.69, 9.17) is 0 Å². The molecule has 1 aliphatic heterocycles. The second kappa shape index (κ2) is 6.91. The van der Waals surface area contributed by atoms with Crippen molar-refractivity contribution < 1.29 is 14.3 Å². The zero-order chi connectivity index (χ0) is 13.5. The van der Waals surface area contributed by atoms with Gasteiger partial charge in [0.25, 0.3) is 0 Å². The highest BCUT2D eigenvalue weighted by molar-refractivity contribution is 9.11. The van der Waals surface area contributed by atoms with Crippen molar-refractivity contribution in [2.45, 2.75) is 6.92 Å². The van der Waals surface area contributed by atoms with E-state index in [1.807, 2.05) is 6.92 Å². The van der Waals surface area contributed by atoms with Gasteiger partial charge < -0.3 is 4.74 Å². The van der Waals surface area contributed by atoms with Gasteiger partial charge in [0.05, 0.1) is 5.57 Å². The molecule has 1 unspecified atom stereocenters. The molecular weight excluding hydrogens is 296 g/mol. The zero-order valence-electron chi connectivity index (χ0n) is 9.93. The molecule has 0 bridgehead atoms. The van der Waals surface area contributed by atoms with Crippen molar-refractivity contribution in [1.82, 2.24) is 0 Å². The molecule has 0 radical (unpaired) electrons. The molecule has 0 saturated heterocycles. The number of carbonyl (C=O) groups excluding carboxylic acids is 2. The molecule has 0 saturated carbocycles. The minimum absolute atomic E-state index is 0.000123. The third kappa shape index (κ3) is 4.30. The van der Waals surface area contributed by atoms with Crippen LogP contribution >= 0.6 is 15.9 Å². The van der Waals surface area contributed by atoms with Crippen molar-refractivity contribution in [2.24, 2.45) is 5.92 Å². The molecule has 3 nitrogen and oxygen atoms in total. The van der Waals surface area contributed by atoms with E-state index in [1.165, 1.54) is 12.2 Å². The van der Waals surface area contributed by atoms with Crippen molar-refractivity contribution >= 4 is 27.9 Å². The lowest BCUT2D eigenvalue weighted by atomic mass is 10.1. The van der Waals surface area contributed by atoms with Crippen molar-refractivity contribution in [2.75, 3.05) is 0 Å². The molecule has 0 N–H and O–H groups in total. The molecule has 1 aliphatic rings. The Morgan fingerprint density at radius 2 is 2.17 bits per heavy atom. The van der Waals surface area contributed by atoms with Crippen molar-refractivity contribution in [3.63, 3.8) is 0 Å². The fraction of sp³-hybridized carbons (Fsp3) is 0.143. The van der Waals surface area contributed by atoms with Gasteiger partial charge >= 0.3 is 11.9 Å². The number of esters is 2. The number of carbonyl (C=O) groups is 2. The summed E-state index contributed by atoms with van der Waals surface area (Å²) in [6, 6.07) is 0. The summed E-state index contributed by atoms with van der Waals surface area (Å²) >= 11 is 3.39. The smallest absolute Gasteiger partial charge is 0.345 e. The standard InChI is InChI=1S/C14H13BrO3/c1-3-4-6-11-9-10(2)12(15)7-5-8-13(16)18-14(11)17/h3-10H,1H2,2H3/b6-4-,8-5+,11-9+,12-7+. The molecule has 0 aromatic rings. The Kier molecular flexibility index (Phi) is 5.52. The molecule has 1 heterocycles. The van der Waals surface area contributed by atoms with Crippen LogP contribution in [-0.2, 0) is 14.3 Å². The molecule has 4 heteroatoms. The molecule has 18 heavy (non-hydrogen) atoms. The van der Waals surface area contributed by atoms with Crippen LogP contribution in [0.15, 0.2) is 59.2 Å². The maximum absolute atomic E-state index is 11.7. The first-order valence-electron chi connectivity index (χ1n) is 5.35. The molecule has 0 aliphatic carbocycles. The summed E-state index contributed by atoms with van der Waals surface area (Å²) in [4.78, 5) is 23.0. The molecule has 0 fully saturated rings. The molecule has 0 aromatic carbocycles. The van der Waals surface area contributed by atoms with Gasteiger partial charge in [0, 0.05) is 16.5 Å². The van der Waals surface area contributed by atoms with E-state index >= 15 is 0 Å². The van der Waals surface area contributed by atoms with Gasteiger partial charge in [-0.1, -0.05) is 59.8 Å². The Bertz CT molecular complexity index is 481. The van der Waals surface area contributed by atoms with Crippen LogP contribution in [0.2, 0.25) is 0 Å². The number of hydrogen-bond acceptors (Lipinski definition) is 3. The average Bonchev–Trinajstić information content (AvgIpc) is 2.32. The maximum atomic E-state index is 11.7. The van der Waals surface area contributed by atoms with Gasteiger partial charge in [-0.3, -0.25) is 0 Å². The minimum atomic E-state index is -0.691. The van der Waals surface area contributed by atoms with E-state index in [2.05, 4.69) is 27.2 Å². The second-order valence-electron chi connectivity index (χ2n) is 3.62. The Hall–Kier alpha value is -1.68. The van der Waals surface area contributed by atoms with Crippen LogP contribution < -0.4 is 0 Å². The summed E-state index contributed by atoms with van der Waals surface area (Å²) < 4.78 is 5.52. The number of halogens is 1. The van der Waals surface area contributed by atoms with Crippen LogP contribution in [0.5, 0.6) is 0 Å². The Morgan fingerprint density at radius 1 is 1.44 bits per heavy atom. The highest BCUT2D eigenvalue weighted by atomic mass is 79.9.